The van der Waals surface area contributed by atoms with Crippen LogP contribution in [-0.4, -0.2) is 38.3 Å². The minimum Gasteiger partial charge on any atom is -0.491 e. The van der Waals surface area contributed by atoms with Gasteiger partial charge >= 0.3 is 0 Å². The van der Waals surface area contributed by atoms with E-state index in [1.165, 1.54) is 30.3 Å². The Kier molecular flexibility index (Phi) is 6.06. The highest BCUT2D eigenvalue weighted by Gasteiger charge is 2.30. The van der Waals surface area contributed by atoms with Crippen LogP contribution in [0.25, 0.3) is 0 Å². The number of anilines is 1. The Balaban J connectivity index is 1.67. The molecule has 0 aliphatic carbocycles. The highest BCUT2D eigenvalue weighted by molar-refractivity contribution is 7.90. The molecule has 158 valence electrons. The van der Waals surface area contributed by atoms with E-state index in [1.807, 2.05) is 18.6 Å². The van der Waals surface area contributed by atoms with Crippen LogP contribution in [0.3, 0.4) is 0 Å². The van der Waals surface area contributed by atoms with Crippen molar-refractivity contribution in [1.82, 2.24) is 10.0 Å². The van der Waals surface area contributed by atoms with Crippen molar-refractivity contribution in [2.24, 2.45) is 0 Å². The van der Waals surface area contributed by atoms with Crippen molar-refractivity contribution in [3.05, 3.63) is 54.1 Å². The molecular formula is C20H21N3O6S. The highest BCUT2D eigenvalue weighted by atomic mass is 32.2. The summed E-state index contributed by atoms with van der Waals surface area (Å²) < 4.78 is 32.3. The van der Waals surface area contributed by atoms with Crippen molar-refractivity contribution in [3.63, 3.8) is 0 Å². The first-order chi connectivity index (χ1) is 14.2. The van der Waals surface area contributed by atoms with Gasteiger partial charge in [0.15, 0.2) is 0 Å². The molecule has 0 unspecified atom stereocenters. The minimum atomic E-state index is -4.15. The van der Waals surface area contributed by atoms with E-state index >= 15 is 0 Å². The van der Waals surface area contributed by atoms with Gasteiger partial charge in [-0.25, -0.2) is 13.1 Å². The fraction of sp³-hybridized carbons (Fsp3) is 0.250. The molecule has 0 spiro atoms. The first-order valence-corrected chi connectivity index (χ1v) is 10.7. The lowest BCUT2D eigenvalue weighted by atomic mass is 10.1. The van der Waals surface area contributed by atoms with E-state index in [2.05, 4.69) is 10.6 Å². The fourth-order valence-electron chi connectivity index (χ4n) is 2.86. The first-order valence-electron chi connectivity index (χ1n) is 9.19. The van der Waals surface area contributed by atoms with Crippen molar-refractivity contribution in [2.45, 2.75) is 37.3 Å². The van der Waals surface area contributed by atoms with Crippen LogP contribution in [0.5, 0.6) is 5.75 Å². The summed E-state index contributed by atoms with van der Waals surface area (Å²) in [6.07, 6.45) is -0.612. The van der Waals surface area contributed by atoms with Crippen LogP contribution in [0.1, 0.15) is 30.6 Å². The van der Waals surface area contributed by atoms with E-state index in [1.54, 1.807) is 18.2 Å². The summed E-state index contributed by atoms with van der Waals surface area (Å²) in [6.45, 7) is 3.68. The van der Waals surface area contributed by atoms with E-state index in [0.29, 0.717) is 11.4 Å². The molecule has 0 saturated heterocycles. The molecule has 3 amide bonds. The molecule has 1 aliphatic heterocycles. The number of ether oxygens (including phenoxy) is 1. The van der Waals surface area contributed by atoms with E-state index in [-0.39, 0.29) is 16.6 Å². The first kappa shape index (κ1) is 21.3. The normalized spacial score (nSPS) is 16.2. The molecule has 0 saturated carbocycles. The van der Waals surface area contributed by atoms with Crippen molar-refractivity contribution in [1.29, 1.82) is 0 Å². The molecule has 9 nitrogen and oxygen atoms in total. The second-order valence-electron chi connectivity index (χ2n) is 6.93. The predicted octanol–water partition coefficient (Wildman–Crippen LogP) is 1.42. The zero-order valence-corrected chi connectivity index (χ0v) is 17.2. The molecule has 1 aliphatic rings. The third-order valence-corrected chi connectivity index (χ3v) is 5.58. The number of hydrogen-bond acceptors (Lipinski definition) is 6. The molecule has 0 aromatic heterocycles. The summed E-state index contributed by atoms with van der Waals surface area (Å²) in [6, 6.07) is 10.8. The SMILES string of the molecule is CC(C)Oc1ccc(S(=O)(=O)NC(=O)C[C@@H]2NC(=O)c3ccccc3NC2=O)cc1. The number of amides is 3. The van der Waals surface area contributed by atoms with E-state index in [9.17, 15) is 22.8 Å². The number of carbonyl (C=O) groups is 3. The molecular weight excluding hydrogens is 410 g/mol. The van der Waals surface area contributed by atoms with Crippen LogP contribution in [0.4, 0.5) is 5.69 Å². The number of nitrogens with one attached hydrogen (secondary N) is 3. The molecule has 3 N–H and O–H groups in total. The Morgan fingerprint density at radius 3 is 2.43 bits per heavy atom. The number of rotatable bonds is 6. The lowest BCUT2D eigenvalue weighted by Crippen LogP contribution is -2.45. The maximum absolute atomic E-state index is 12.4. The zero-order valence-electron chi connectivity index (χ0n) is 16.3. The van der Waals surface area contributed by atoms with Crippen molar-refractivity contribution >= 4 is 33.4 Å². The average molecular weight is 431 g/mol. The number of hydrogen-bond donors (Lipinski definition) is 3. The third-order valence-electron chi connectivity index (χ3n) is 4.19. The molecule has 0 fully saturated rings. The molecule has 0 bridgehead atoms. The van der Waals surface area contributed by atoms with Gasteiger partial charge in [0.05, 0.1) is 28.7 Å². The Bertz CT molecular complexity index is 1080. The van der Waals surface area contributed by atoms with Crippen LogP contribution in [-0.2, 0) is 19.6 Å². The van der Waals surface area contributed by atoms with Gasteiger partial charge in [-0.15, -0.1) is 0 Å². The largest absolute Gasteiger partial charge is 0.491 e. The highest BCUT2D eigenvalue weighted by Crippen LogP contribution is 2.20. The number of benzene rings is 2. The molecule has 10 heteroatoms. The summed E-state index contributed by atoms with van der Waals surface area (Å²) in [5.74, 6) is -1.59. The van der Waals surface area contributed by atoms with Gasteiger partial charge in [0.2, 0.25) is 11.8 Å². The topological polar surface area (TPSA) is 131 Å². The number of sulfonamides is 1. The van der Waals surface area contributed by atoms with Crippen LogP contribution >= 0.6 is 0 Å². The van der Waals surface area contributed by atoms with Crippen LogP contribution in [0.2, 0.25) is 0 Å². The lowest BCUT2D eigenvalue weighted by molar-refractivity contribution is -0.124. The van der Waals surface area contributed by atoms with Crippen molar-refractivity contribution < 1.29 is 27.5 Å². The Morgan fingerprint density at radius 1 is 1.10 bits per heavy atom. The lowest BCUT2D eigenvalue weighted by Gasteiger charge is -2.15. The number of fused-ring (bicyclic) bond motifs is 1. The quantitative estimate of drug-likeness (QED) is 0.634. The van der Waals surface area contributed by atoms with Gasteiger partial charge in [-0.2, -0.15) is 0 Å². The monoisotopic (exact) mass is 431 g/mol. The fourth-order valence-corrected chi connectivity index (χ4v) is 3.86. The molecule has 1 atom stereocenters. The second-order valence-corrected chi connectivity index (χ2v) is 8.61. The van der Waals surface area contributed by atoms with Gasteiger partial charge < -0.3 is 15.4 Å². The Morgan fingerprint density at radius 2 is 1.77 bits per heavy atom. The van der Waals surface area contributed by atoms with Gasteiger partial charge in [-0.1, -0.05) is 12.1 Å². The molecule has 3 rings (SSSR count). The van der Waals surface area contributed by atoms with Gasteiger partial charge in [-0.05, 0) is 50.2 Å². The zero-order chi connectivity index (χ0) is 21.9. The van der Waals surface area contributed by atoms with Crippen LogP contribution < -0.4 is 20.1 Å². The molecule has 1 heterocycles. The van der Waals surface area contributed by atoms with E-state index in [0.717, 1.165) is 0 Å². The number of para-hydroxylation sites is 1. The summed E-state index contributed by atoms with van der Waals surface area (Å²) in [4.78, 5) is 36.8. The molecule has 2 aromatic carbocycles. The maximum atomic E-state index is 12.4. The predicted molar refractivity (Wildman–Crippen MR) is 108 cm³/mol. The van der Waals surface area contributed by atoms with Gasteiger partial charge in [0.25, 0.3) is 15.9 Å². The summed E-state index contributed by atoms with van der Waals surface area (Å²) in [5.41, 5.74) is 0.573. The molecule has 0 radical (unpaired) electrons. The smallest absolute Gasteiger partial charge is 0.264 e. The Labute approximate surface area is 173 Å². The van der Waals surface area contributed by atoms with Gasteiger partial charge in [0, 0.05) is 0 Å². The maximum Gasteiger partial charge on any atom is 0.264 e. The summed E-state index contributed by atoms with van der Waals surface area (Å²) in [7, 11) is -4.15. The minimum absolute atomic E-state index is 0.0702. The van der Waals surface area contributed by atoms with E-state index < -0.39 is 40.2 Å². The van der Waals surface area contributed by atoms with Crippen LogP contribution in [0.15, 0.2) is 53.4 Å². The second kappa shape index (κ2) is 8.54. The van der Waals surface area contributed by atoms with Crippen molar-refractivity contribution in [2.75, 3.05) is 5.32 Å². The molecule has 2 aromatic rings. The van der Waals surface area contributed by atoms with Gasteiger partial charge in [0.1, 0.15) is 11.8 Å². The Hall–Kier alpha value is -3.40. The van der Waals surface area contributed by atoms with Crippen molar-refractivity contribution in [3.8, 4) is 5.75 Å². The van der Waals surface area contributed by atoms with Gasteiger partial charge in [-0.3, -0.25) is 14.4 Å². The standard InChI is InChI=1S/C20H21N3O6S/c1-12(2)29-13-7-9-14(10-8-13)30(27,28)23-18(24)11-17-20(26)21-16-6-4-3-5-15(16)19(25)22-17/h3-10,12,17H,11H2,1-2H3,(H,21,26)(H,22,25)(H,23,24)/t17-/m0/s1. The van der Waals surface area contributed by atoms with E-state index in [4.69, 9.17) is 4.74 Å². The molecule has 30 heavy (non-hydrogen) atoms. The average Bonchev–Trinajstić information content (AvgIpc) is 2.78. The third kappa shape index (κ3) is 4.95. The van der Waals surface area contributed by atoms with Crippen LogP contribution in [0, 0.1) is 0 Å². The number of carbonyl (C=O) groups excluding carboxylic acids is 3. The summed E-state index contributed by atoms with van der Waals surface area (Å²) >= 11 is 0. The summed E-state index contributed by atoms with van der Waals surface area (Å²) in [5, 5.41) is 5.00.